The molecule has 0 saturated carbocycles. The Kier molecular flexibility index (Phi) is 5.03. The molecule has 5 nitrogen and oxygen atoms in total. The van der Waals surface area contributed by atoms with E-state index in [2.05, 4.69) is 0 Å². The number of fused-ring (bicyclic) bond motifs is 1. The lowest BCUT2D eigenvalue weighted by molar-refractivity contribution is -0.129. The van der Waals surface area contributed by atoms with Crippen LogP contribution >= 0.6 is 0 Å². The molecule has 0 fully saturated rings. The Morgan fingerprint density at radius 1 is 1.04 bits per heavy atom. The first-order chi connectivity index (χ1) is 12.1. The van der Waals surface area contributed by atoms with Crippen LogP contribution in [0.4, 0.5) is 5.69 Å². The number of hydrogen-bond acceptors (Lipinski definition) is 3. The van der Waals surface area contributed by atoms with Crippen molar-refractivity contribution >= 4 is 17.5 Å². The van der Waals surface area contributed by atoms with Crippen LogP contribution < -0.4 is 9.64 Å². The Balaban J connectivity index is 1.94. The minimum atomic E-state index is -0.305. The van der Waals surface area contributed by atoms with Crippen LogP contribution in [0.25, 0.3) is 0 Å². The molecule has 0 radical (unpaired) electrons. The molecule has 0 bridgehead atoms. The molecule has 0 aliphatic carbocycles. The molecular formula is C20H22N2O3. The van der Waals surface area contributed by atoms with Gasteiger partial charge in [0.15, 0.2) is 0 Å². The summed E-state index contributed by atoms with van der Waals surface area (Å²) in [4.78, 5) is 28.7. The molecule has 1 heterocycles. The number of para-hydroxylation sites is 2. The van der Waals surface area contributed by atoms with Gasteiger partial charge in [0.25, 0.3) is 0 Å². The van der Waals surface area contributed by atoms with Crippen molar-refractivity contribution in [3.05, 3.63) is 60.2 Å². The number of amides is 2. The zero-order chi connectivity index (χ0) is 17.8. The maximum absolute atomic E-state index is 13.3. The summed E-state index contributed by atoms with van der Waals surface area (Å²) in [5, 5.41) is 0. The van der Waals surface area contributed by atoms with E-state index in [1.165, 1.54) is 4.90 Å². The molecule has 0 saturated heterocycles. The van der Waals surface area contributed by atoms with E-state index in [0.29, 0.717) is 13.0 Å². The SMILES string of the molecule is CN(C)C(=O)CN(C(=O)C1CCOc2ccccc21)c1ccccc1. The second kappa shape index (κ2) is 7.38. The predicted octanol–water partition coefficient (Wildman–Crippen LogP) is 2.67. The molecule has 2 aromatic carbocycles. The van der Waals surface area contributed by atoms with Crippen LogP contribution in [0.1, 0.15) is 17.9 Å². The number of nitrogens with zero attached hydrogens (tertiary/aromatic N) is 2. The third-order valence-electron chi connectivity index (χ3n) is 4.38. The molecule has 0 spiro atoms. The molecule has 130 valence electrons. The van der Waals surface area contributed by atoms with Gasteiger partial charge in [-0.05, 0) is 24.6 Å². The van der Waals surface area contributed by atoms with Gasteiger partial charge in [-0.3, -0.25) is 9.59 Å². The van der Waals surface area contributed by atoms with E-state index in [1.54, 1.807) is 19.0 Å². The van der Waals surface area contributed by atoms with Crippen LogP contribution in [0.5, 0.6) is 5.75 Å². The Bertz CT molecular complexity index is 759. The van der Waals surface area contributed by atoms with Crippen molar-refractivity contribution in [1.29, 1.82) is 0 Å². The van der Waals surface area contributed by atoms with E-state index < -0.39 is 0 Å². The van der Waals surface area contributed by atoms with E-state index in [0.717, 1.165) is 17.0 Å². The first-order valence-electron chi connectivity index (χ1n) is 8.36. The first-order valence-corrected chi connectivity index (χ1v) is 8.36. The second-order valence-corrected chi connectivity index (χ2v) is 6.28. The summed E-state index contributed by atoms with van der Waals surface area (Å²) in [7, 11) is 3.39. The average Bonchev–Trinajstić information content (AvgIpc) is 2.65. The number of benzene rings is 2. The van der Waals surface area contributed by atoms with Crippen LogP contribution in [-0.4, -0.2) is 44.0 Å². The third-order valence-corrected chi connectivity index (χ3v) is 4.38. The number of carbonyl (C=O) groups is 2. The fourth-order valence-corrected chi connectivity index (χ4v) is 2.97. The Morgan fingerprint density at radius 2 is 1.72 bits per heavy atom. The van der Waals surface area contributed by atoms with E-state index >= 15 is 0 Å². The summed E-state index contributed by atoms with van der Waals surface area (Å²) in [5.74, 6) is 0.258. The highest BCUT2D eigenvalue weighted by molar-refractivity contribution is 6.02. The quantitative estimate of drug-likeness (QED) is 0.861. The van der Waals surface area contributed by atoms with Gasteiger partial charge >= 0.3 is 0 Å². The first kappa shape index (κ1) is 17.0. The summed E-state index contributed by atoms with van der Waals surface area (Å²) in [6.45, 7) is 0.521. The normalized spacial score (nSPS) is 15.7. The van der Waals surface area contributed by atoms with Crippen LogP contribution in [0.3, 0.4) is 0 Å². The van der Waals surface area contributed by atoms with Crippen molar-refractivity contribution in [2.24, 2.45) is 0 Å². The van der Waals surface area contributed by atoms with Gasteiger partial charge in [-0.1, -0.05) is 36.4 Å². The largest absolute Gasteiger partial charge is 0.493 e. The average molecular weight is 338 g/mol. The van der Waals surface area contributed by atoms with Crippen molar-refractivity contribution in [2.75, 3.05) is 32.1 Å². The standard InChI is InChI=1S/C20H22N2O3/c1-21(2)19(23)14-22(15-8-4-3-5-9-15)20(24)17-12-13-25-18-11-7-6-10-16(17)18/h3-11,17H,12-14H2,1-2H3. The van der Waals surface area contributed by atoms with Crippen molar-refractivity contribution in [2.45, 2.75) is 12.3 Å². The van der Waals surface area contributed by atoms with Crippen molar-refractivity contribution in [3.8, 4) is 5.75 Å². The minimum Gasteiger partial charge on any atom is -0.493 e. The number of hydrogen-bond donors (Lipinski definition) is 0. The van der Waals surface area contributed by atoms with Gasteiger partial charge in [0.1, 0.15) is 12.3 Å². The Morgan fingerprint density at radius 3 is 2.44 bits per heavy atom. The third kappa shape index (κ3) is 3.65. The van der Waals surface area contributed by atoms with Gasteiger partial charge in [0.2, 0.25) is 11.8 Å². The molecule has 0 aromatic heterocycles. The summed E-state index contributed by atoms with van der Waals surface area (Å²) >= 11 is 0. The Labute approximate surface area is 147 Å². The van der Waals surface area contributed by atoms with Gasteiger partial charge in [-0.15, -0.1) is 0 Å². The zero-order valence-electron chi connectivity index (χ0n) is 14.5. The highest BCUT2D eigenvalue weighted by Crippen LogP contribution is 2.35. The smallest absolute Gasteiger partial charge is 0.242 e. The molecule has 0 N–H and O–H groups in total. The molecule has 1 atom stereocenters. The minimum absolute atomic E-state index is 0.0232. The van der Waals surface area contributed by atoms with Crippen LogP contribution in [0, 0.1) is 0 Å². The molecule has 2 amide bonds. The van der Waals surface area contributed by atoms with E-state index in [4.69, 9.17) is 4.74 Å². The maximum Gasteiger partial charge on any atom is 0.242 e. The molecule has 1 unspecified atom stereocenters. The van der Waals surface area contributed by atoms with Gasteiger partial charge in [-0.2, -0.15) is 0 Å². The van der Waals surface area contributed by atoms with Gasteiger partial charge < -0.3 is 14.5 Å². The van der Waals surface area contributed by atoms with E-state index in [9.17, 15) is 9.59 Å². The number of ether oxygens (including phenoxy) is 1. The summed E-state index contributed by atoms with van der Waals surface area (Å²) in [6, 6.07) is 17.0. The molecule has 3 rings (SSSR count). The lowest BCUT2D eigenvalue weighted by atomic mass is 9.91. The fourth-order valence-electron chi connectivity index (χ4n) is 2.97. The molecule has 1 aliphatic rings. The topological polar surface area (TPSA) is 49.9 Å². The zero-order valence-corrected chi connectivity index (χ0v) is 14.5. The van der Waals surface area contributed by atoms with E-state index in [1.807, 2.05) is 54.6 Å². The van der Waals surface area contributed by atoms with Crippen molar-refractivity contribution in [1.82, 2.24) is 4.90 Å². The summed E-state index contributed by atoms with van der Waals surface area (Å²) in [5.41, 5.74) is 1.61. The van der Waals surface area contributed by atoms with Crippen molar-refractivity contribution in [3.63, 3.8) is 0 Å². The van der Waals surface area contributed by atoms with Gasteiger partial charge in [0, 0.05) is 25.3 Å². The van der Waals surface area contributed by atoms with Crippen molar-refractivity contribution < 1.29 is 14.3 Å². The van der Waals surface area contributed by atoms with Gasteiger partial charge in [0.05, 0.1) is 12.5 Å². The number of rotatable bonds is 4. The van der Waals surface area contributed by atoms with Crippen LogP contribution in [0.2, 0.25) is 0 Å². The molecule has 25 heavy (non-hydrogen) atoms. The highest BCUT2D eigenvalue weighted by Gasteiger charge is 2.32. The van der Waals surface area contributed by atoms with Gasteiger partial charge in [-0.25, -0.2) is 0 Å². The fraction of sp³-hybridized carbons (Fsp3) is 0.300. The monoisotopic (exact) mass is 338 g/mol. The number of carbonyl (C=O) groups excluding carboxylic acids is 2. The lowest BCUT2D eigenvalue weighted by Gasteiger charge is -2.31. The summed E-state index contributed by atoms with van der Waals surface area (Å²) in [6.07, 6.45) is 0.606. The predicted molar refractivity (Wildman–Crippen MR) is 96.8 cm³/mol. The molecule has 2 aromatic rings. The lowest BCUT2D eigenvalue weighted by Crippen LogP contribution is -2.43. The Hall–Kier alpha value is -2.82. The summed E-state index contributed by atoms with van der Waals surface area (Å²) < 4.78 is 5.66. The molecular weight excluding hydrogens is 316 g/mol. The number of anilines is 1. The van der Waals surface area contributed by atoms with Crippen LogP contribution in [0.15, 0.2) is 54.6 Å². The maximum atomic E-state index is 13.3. The number of likely N-dealkylation sites (N-methyl/N-ethyl adjacent to an activating group) is 1. The molecule has 1 aliphatic heterocycles. The molecule has 5 heteroatoms. The second-order valence-electron chi connectivity index (χ2n) is 6.28. The van der Waals surface area contributed by atoms with E-state index in [-0.39, 0.29) is 24.3 Å². The van der Waals surface area contributed by atoms with Crippen LogP contribution in [-0.2, 0) is 9.59 Å². The highest BCUT2D eigenvalue weighted by atomic mass is 16.5.